The van der Waals surface area contributed by atoms with Crippen molar-refractivity contribution < 1.29 is 14.6 Å². The summed E-state index contributed by atoms with van der Waals surface area (Å²) in [6.45, 7) is 5.36. The molecule has 0 radical (unpaired) electrons. The number of aliphatic hydroxyl groups is 1. The maximum absolute atomic E-state index is 10.0. The van der Waals surface area contributed by atoms with Gasteiger partial charge in [-0.15, -0.1) is 0 Å². The number of carbonyl (C=O) groups excluding carboxylic acids is 1. The van der Waals surface area contributed by atoms with Crippen molar-refractivity contribution in [1.82, 2.24) is 5.32 Å². The number of hydrogen-bond donors (Lipinski definition) is 3. The fourth-order valence-electron chi connectivity index (χ4n) is 0.814. The zero-order valence-corrected chi connectivity index (χ0v) is 8.88. The largest absolute Gasteiger partial charge is 0.389 e. The number of amides is 2. The Balaban J connectivity index is 0.000000280. The molecule has 5 heteroatoms. The van der Waals surface area contributed by atoms with E-state index in [1.807, 2.05) is 0 Å². The van der Waals surface area contributed by atoms with Gasteiger partial charge >= 0.3 is 6.03 Å². The minimum Gasteiger partial charge on any atom is -0.389 e. The number of nitrogens with two attached hydrogens (primary N) is 1. The second kappa shape index (κ2) is 6.62. The first kappa shape index (κ1) is 13.2. The van der Waals surface area contributed by atoms with Crippen molar-refractivity contribution in [2.24, 2.45) is 5.73 Å². The van der Waals surface area contributed by atoms with Gasteiger partial charge in [0.05, 0.1) is 5.60 Å². The minimum atomic E-state index is -0.880. The van der Waals surface area contributed by atoms with Crippen molar-refractivity contribution in [2.45, 2.75) is 32.3 Å². The van der Waals surface area contributed by atoms with E-state index < -0.39 is 11.6 Å². The Labute approximate surface area is 84.6 Å². The van der Waals surface area contributed by atoms with Crippen LogP contribution in [0.1, 0.15) is 26.7 Å². The lowest BCUT2D eigenvalue weighted by atomic mass is 10.1. The maximum atomic E-state index is 10.0. The Hall–Kier alpha value is -0.810. The smallest absolute Gasteiger partial charge is 0.312 e. The van der Waals surface area contributed by atoms with Gasteiger partial charge in [-0.1, -0.05) is 0 Å². The normalized spacial score (nSPS) is 15.6. The monoisotopic (exact) mass is 204 g/mol. The van der Waals surface area contributed by atoms with Crippen molar-refractivity contribution in [3.63, 3.8) is 0 Å². The first-order valence-electron chi connectivity index (χ1n) is 4.75. The van der Waals surface area contributed by atoms with Crippen LogP contribution in [0.3, 0.4) is 0 Å². The number of rotatable bonds is 2. The van der Waals surface area contributed by atoms with Crippen molar-refractivity contribution in [3.8, 4) is 0 Å². The van der Waals surface area contributed by atoms with Gasteiger partial charge in [-0.05, 0) is 26.7 Å². The first-order valence-corrected chi connectivity index (χ1v) is 4.75. The Kier molecular flexibility index (Phi) is 6.23. The molecule has 0 aromatic heterocycles. The predicted octanol–water partition coefficient (Wildman–Crippen LogP) is 0.222. The van der Waals surface area contributed by atoms with Gasteiger partial charge in [0.15, 0.2) is 0 Å². The average Bonchev–Trinajstić information content (AvgIpc) is 2.56. The number of nitrogens with one attached hydrogen (secondary N) is 1. The van der Waals surface area contributed by atoms with Gasteiger partial charge in [-0.25, -0.2) is 4.79 Å². The van der Waals surface area contributed by atoms with E-state index in [0.29, 0.717) is 0 Å². The van der Waals surface area contributed by atoms with Crippen LogP contribution in [0.15, 0.2) is 0 Å². The van der Waals surface area contributed by atoms with Crippen LogP contribution >= 0.6 is 0 Å². The van der Waals surface area contributed by atoms with E-state index in [1.54, 1.807) is 13.8 Å². The van der Waals surface area contributed by atoms with E-state index in [-0.39, 0.29) is 6.54 Å². The van der Waals surface area contributed by atoms with Crippen LogP contribution in [0.2, 0.25) is 0 Å². The molecule has 0 bridgehead atoms. The fourth-order valence-corrected chi connectivity index (χ4v) is 0.814. The van der Waals surface area contributed by atoms with Crippen molar-refractivity contribution in [2.75, 3.05) is 19.8 Å². The van der Waals surface area contributed by atoms with E-state index in [4.69, 9.17) is 15.6 Å². The molecule has 0 aromatic carbocycles. The molecule has 0 atom stereocenters. The van der Waals surface area contributed by atoms with Gasteiger partial charge in [-0.2, -0.15) is 0 Å². The number of ether oxygens (including phenoxy) is 1. The highest BCUT2D eigenvalue weighted by Gasteiger charge is 2.11. The summed E-state index contributed by atoms with van der Waals surface area (Å²) in [5.41, 5.74) is 3.86. The van der Waals surface area contributed by atoms with Gasteiger partial charge in [0.2, 0.25) is 0 Å². The van der Waals surface area contributed by atoms with Crippen molar-refractivity contribution in [1.29, 1.82) is 0 Å². The second-order valence-corrected chi connectivity index (χ2v) is 3.85. The van der Waals surface area contributed by atoms with Crippen LogP contribution < -0.4 is 11.1 Å². The van der Waals surface area contributed by atoms with E-state index in [2.05, 4.69) is 5.32 Å². The molecule has 84 valence electrons. The molecule has 1 aliphatic heterocycles. The summed E-state index contributed by atoms with van der Waals surface area (Å²) in [5.74, 6) is 0. The van der Waals surface area contributed by atoms with Crippen LogP contribution in [-0.4, -0.2) is 36.5 Å². The zero-order chi connectivity index (χ0) is 11.0. The summed E-state index contributed by atoms with van der Waals surface area (Å²) in [6.07, 6.45) is 2.56. The number of urea groups is 1. The van der Waals surface area contributed by atoms with E-state index >= 15 is 0 Å². The Morgan fingerprint density at radius 3 is 2.14 bits per heavy atom. The van der Waals surface area contributed by atoms with Gasteiger partial charge < -0.3 is 20.9 Å². The van der Waals surface area contributed by atoms with Gasteiger partial charge in [0.25, 0.3) is 0 Å². The third-order valence-electron chi connectivity index (χ3n) is 1.52. The molecule has 1 fully saturated rings. The summed E-state index contributed by atoms with van der Waals surface area (Å²) < 4.78 is 4.94. The molecule has 1 heterocycles. The number of primary amides is 1. The van der Waals surface area contributed by atoms with Crippen LogP contribution in [0.25, 0.3) is 0 Å². The topological polar surface area (TPSA) is 84.6 Å². The third-order valence-corrected chi connectivity index (χ3v) is 1.52. The quantitative estimate of drug-likeness (QED) is 0.601. The molecule has 4 N–H and O–H groups in total. The Bertz CT molecular complexity index is 154. The van der Waals surface area contributed by atoms with Crippen molar-refractivity contribution >= 4 is 6.03 Å². The van der Waals surface area contributed by atoms with E-state index in [1.165, 1.54) is 12.8 Å². The molecular weight excluding hydrogens is 184 g/mol. The van der Waals surface area contributed by atoms with Crippen LogP contribution in [0.5, 0.6) is 0 Å². The Morgan fingerprint density at radius 1 is 1.50 bits per heavy atom. The molecule has 0 unspecified atom stereocenters. The third kappa shape index (κ3) is 11.2. The lowest BCUT2D eigenvalue weighted by molar-refractivity contribution is 0.0824. The SMILES string of the molecule is C1CCOC1.CC(C)(O)CNC(N)=O. The molecule has 1 aliphatic rings. The van der Waals surface area contributed by atoms with Gasteiger partial charge in [0.1, 0.15) is 0 Å². The summed E-state index contributed by atoms with van der Waals surface area (Å²) in [4.78, 5) is 10.0. The van der Waals surface area contributed by atoms with Crippen LogP contribution in [0, 0.1) is 0 Å². The molecule has 14 heavy (non-hydrogen) atoms. The summed E-state index contributed by atoms with van der Waals surface area (Å²) >= 11 is 0. The zero-order valence-electron chi connectivity index (χ0n) is 8.88. The average molecular weight is 204 g/mol. The van der Waals surface area contributed by atoms with Crippen LogP contribution in [-0.2, 0) is 4.74 Å². The molecule has 1 saturated heterocycles. The molecule has 1 rings (SSSR count). The lowest BCUT2D eigenvalue weighted by Gasteiger charge is -2.15. The highest BCUT2D eigenvalue weighted by Crippen LogP contribution is 1.98. The molecule has 0 aliphatic carbocycles. The molecule has 0 saturated carbocycles. The molecule has 0 aromatic rings. The molecule has 0 spiro atoms. The predicted molar refractivity (Wildman–Crippen MR) is 53.9 cm³/mol. The maximum Gasteiger partial charge on any atom is 0.312 e. The highest BCUT2D eigenvalue weighted by molar-refractivity contribution is 5.71. The first-order chi connectivity index (χ1) is 6.42. The molecule has 2 amide bonds. The standard InChI is InChI=1S/C5H12N2O2.C4H8O/c1-5(2,9)3-7-4(6)8;1-2-4-5-3-1/h9H,3H2,1-2H3,(H3,6,7,8);1-4H2. The summed E-state index contributed by atoms with van der Waals surface area (Å²) in [7, 11) is 0. The number of hydrogen-bond acceptors (Lipinski definition) is 3. The van der Waals surface area contributed by atoms with Gasteiger partial charge in [0, 0.05) is 19.8 Å². The second-order valence-electron chi connectivity index (χ2n) is 3.85. The number of carbonyl (C=O) groups is 1. The minimum absolute atomic E-state index is 0.183. The highest BCUT2D eigenvalue weighted by atomic mass is 16.5. The lowest BCUT2D eigenvalue weighted by Crippen LogP contribution is -2.40. The molecular formula is C9H20N2O3. The van der Waals surface area contributed by atoms with Gasteiger partial charge in [-0.3, -0.25) is 0 Å². The molecule has 5 nitrogen and oxygen atoms in total. The van der Waals surface area contributed by atoms with E-state index in [0.717, 1.165) is 13.2 Å². The Morgan fingerprint density at radius 2 is 2.00 bits per heavy atom. The van der Waals surface area contributed by atoms with E-state index in [9.17, 15) is 4.79 Å². The summed E-state index contributed by atoms with van der Waals surface area (Å²) in [5, 5.41) is 11.3. The summed E-state index contributed by atoms with van der Waals surface area (Å²) in [6, 6.07) is -0.614. The fraction of sp³-hybridized carbons (Fsp3) is 0.889. The van der Waals surface area contributed by atoms with Crippen LogP contribution in [0.4, 0.5) is 4.79 Å². The van der Waals surface area contributed by atoms with Crippen molar-refractivity contribution in [3.05, 3.63) is 0 Å².